The summed E-state index contributed by atoms with van der Waals surface area (Å²) in [4.78, 5) is 11.8. The van der Waals surface area contributed by atoms with Gasteiger partial charge in [0.1, 0.15) is 0 Å². The molecule has 0 aromatic heterocycles. The molecule has 0 aliphatic heterocycles. The first-order valence-corrected chi connectivity index (χ1v) is 8.61. The number of carbonyl (C=O) groups excluding carboxylic acids is 1. The third-order valence-electron chi connectivity index (χ3n) is 3.98. The molecule has 21 heavy (non-hydrogen) atoms. The summed E-state index contributed by atoms with van der Waals surface area (Å²) in [6.07, 6.45) is 10.5. The first-order valence-electron chi connectivity index (χ1n) is 8.61. The molecule has 0 aliphatic carbocycles. The van der Waals surface area contributed by atoms with Gasteiger partial charge in [0.2, 0.25) is 5.91 Å². The van der Waals surface area contributed by atoms with Crippen molar-refractivity contribution >= 4 is 5.91 Å². The minimum Gasteiger partial charge on any atom is -0.388 e. The Balaban J connectivity index is 3.74. The summed E-state index contributed by atoms with van der Waals surface area (Å²) in [5.41, 5.74) is 1.12. The van der Waals surface area contributed by atoms with Crippen molar-refractivity contribution in [1.82, 2.24) is 10.6 Å². The van der Waals surface area contributed by atoms with Crippen LogP contribution in [0.2, 0.25) is 0 Å². The van der Waals surface area contributed by atoms with E-state index in [1.165, 1.54) is 38.5 Å². The van der Waals surface area contributed by atoms with E-state index < -0.39 is 0 Å². The summed E-state index contributed by atoms with van der Waals surface area (Å²) in [7, 11) is 0. The molecule has 0 atom stereocenters. The molecule has 0 fully saturated rings. The summed E-state index contributed by atoms with van der Waals surface area (Å²) in [6, 6.07) is 0. The molecule has 0 spiro atoms. The Bertz CT molecular complexity index is 308. The Morgan fingerprint density at radius 2 is 1.62 bits per heavy atom. The van der Waals surface area contributed by atoms with Gasteiger partial charge in [-0.25, -0.2) is 0 Å². The van der Waals surface area contributed by atoms with Gasteiger partial charge in [0.15, 0.2) is 0 Å². The van der Waals surface area contributed by atoms with Crippen molar-refractivity contribution in [2.24, 2.45) is 5.41 Å². The summed E-state index contributed by atoms with van der Waals surface area (Å²) < 4.78 is 0. The zero-order valence-corrected chi connectivity index (χ0v) is 14.8. The van der Waals surface area contributed by atoms with Crippen molar-refractivity contribution in [2.45, 2.75) is 79.6 Å². The van der Waals surface area contributed by atoms with Crippen molar-refractivity contribution in [3.05, 3.63) is 11.8 Å². The lowest BCUT2D eigenvalue weighted by Gasteiger charge is -2.22. The van der Waals surface area contributed by atoms with Gasteiger partial charge < -0.3 is 10.6 Å². The number of hydrogen-bond acceptors (Lipinski definition) is 2. The highest BCUT2D eigenvalue weighted by Gasteiger charge is 2.15. The number of allylic oxidation sites excluding steroid dienone is 1. The van der Waals surface area contributed by atoms with Crippen LogP contribution in [0.1, 0.15) is 79.6 Å². The average molecular weight is 296 g/mol. The molecule has 0 bridgehead atoms. The SMILES string of the molecule is CCCCCCCCN/C(C)=C\C(=O)NCC(C)(C)CC. The number of amides is 1. The second-order valence-electron chi connectivity index (χ2n) is 6.76. The minimum absolute atomic E-state index is 0.00414. The molecule has 0 saturated carbocycles. The lowest BCUT2D eigenvalue weighted by atomic mass is 9.90. The number of carbonyl (C=O) groups is 1. The summed E-state index contributed by atoms with van der Waals surface area (Å²) in [6.45, 7) is 12.4. The van der Waals surface area contributed by atoms with E-state index in [0.29, 0.717) is 0 Å². The predicted octanol–water partition coefficient (Wildman–Crippen LogP) is 4.39. The van der Waals surface area contributed by atoms with Crippen molar-refractivity contribution in [3.8, 4) is 0 Å². The number of rotatable bonds is 12. The molecule has 0 aromatic carbocycles. The first kappa shape index (κ1) is 20.0. The summed E-state index contributed by atoms with van der Waals surface area (Å²) in [5.74, 6) is 0.00414. The maximum absolute atomic E-state index is 11.8. The van der Waals surface area contributed by atoms with Crippen molar-refractivity contribution in [2.75, 3.05) is 13.1 Å². The van der Waals surface area contributed by atoms with Crippen LogP contribution in [0.5, 0.6) is 0 Å². The molecule has 0 saturated heterocycles. The van der Waals surface area contributed by atoms with Gasteiger partial charge in [-0.1, -0.05) is 59.8 Å². The average Bonchev–Trinajstić information content (AvgIpc) is 2.44. The molecule has 0 unspecified atom stereocenters. The van der Waals surface area contributed by atoms with Crippen LogP contribution in [-0.2, 0) is 4.79 Å². The van der Waals surface area contributed by atoms with Gasteiger partial charge in [0.05, 0.1) is 0 Å². The lowest BCUT2D eigenvalue weighted by molar-refractivity contribution is -0.117. The van der Waals surface area contributed by atoms with E-state index in [9.17, 15) is 4.79 Å². The van der Waals surface area contributed by atoms with Gasteiger partial charge in [-0.2, -0.15) is 0 Å². The second kappa shape index (κ2) is 11.6. The van der Waals surface area contributed by atoms with Crippen LogP contribution in [0, 0.1) is 5.41 Å². The number of nitrogens with one attached hydrogen (secondary N) is 2. The van der Waals surface area contributed by atoms with Crippen LogP contribution < -0.4 is 10.6 Å². The van der Waals surface area contributed by atoms with Gasteiger partial charge in [0, 0.05) is 24.9 Å². The highest BCUT2D eigenvalue weighted by Crippen LogP contribution is 2.17. The van der Waals surface area contributed by atoms with Crippen LogP contribution in [-0.4, -0.2) is 19.0 Å². The molecule has 3 nitrogen and oxygen atoms in total. The highest BCUT2D eigenvalue weighted by atomic mass is 16.1. The van der Waals surface area contributed by atoms with E-state index in [1.807, 2.05) is 6.92 Å². The third-order valence-corrected chi connectivity index (χ3v) is 3.98. The van der Waals surface area contributed by atoms with E-state index in [1.54, 1.807) is 6.08 Å². The lowest BCUT2D eigenvalue weighted by Crippen LogP contribution is -2.33. The molecule has 0 aromatic rings. The fraction of sp³-hybridized carbons (Fsp3) is 0.833. The smallest absolute Gasteiger partial charge is 0.245 e. The van der Waals surface area contributed by atoms with Gasteiger partial charge in [0.25, 0.3) is 0 Å². The Hall–Kier alpha value is -0.990. The quantitative estimate of drug-likeness (QED) is 0.414. The van der Waals surface area contributed by atoms with Crippen molar-refractivity contribution in [1.29, 1.82) is 0 Å². The molecule has 2 N–H and O–H groups in total. The van der Waals surface area contributed by atoms with Crippen molar-refractivity contribution in [3.63, 3.8) is 0 Å². The molecule has 0 rings (SSSR count). The fourth-order valence-electron chi connectivity index (χ4n) is 1.94. The zero-order chi connectivity index (χ0) is 16.1. The Morgan fingerprint density at radius 1 is 1.00 bits per heavy atom. The van der Waals surface area contributed by atoms with Gasteiger partial charge in [-0.3, -0.25) is 4.79 Å². The summed E-state index contributed by atoms with van der Waals surface area (Å²) >= 11 is 0. The van der Waals surface area contributed by atoms with Crippen LogP contribution in [0.3, 0.4) is 0 Å². The normalized spacial score (nSPS) is 12.3. The molecular formula is C18H36N2O. The van der Waals surface area contributed by atoms with Gasteiger partial charge in [-0.05, 0) is 25.2 Å². The van der Waals surface area contributed by atoms with Crippen molar-refractivity contribution < 1.29 is 4.79 Å². The van der Waals surface area contributed by atoms with Gasteiger partial charge >= 0.3 is 0 Å². The monoisotopic (exact) mass is 296 g/mol. The van der Waals surface area contributed by atoms with Gasteiger partial charge in [-0.15, -0.1) is 0 Å². The maximum Gasteiger partial charge on any atom is 0.245 e. The Morgan fingerprint density at radius 3 is 2.24 bits per heavy atom. The molecular weight excluding hydrogens is 260 g/mol. The van der Waals surface area contributed by atoms with Crippen LogP contribution >= 0.6 is 0 Å². The summed E-state index contributed by atoms with van der Waals surface area (Å²) in [5, 5.41) is 6.29. The Labute approximate surface area is 132 Å². The van der Waals surface area contributed by atoms with Crippen LogP contribution in [0.25, 0.3) is 0 Å². The van der Waals surface area contributed by atoms with E-state index in [0.717, 1.165) is 25.2 Å². The predicted molar refractivity (Wildman–Crippen MR) is 92.2 cm³/mol. The minimum atomic E-state index is 0.00414. The van der Waals surface area contributed by atoms with Crippen LogP contribution in [0.4, 0.5) is 0 Å². The van der Waals surface area contributed by atoms with E-state index in [-0.39, 0.29) is 11.3 Å². The largest absolute Gasteiger partial charge is 0.388 e. The first-order chi connectivity index (χ1) is 9.91. The molecule has 0 radical (unpaired) electrons. The molecule has 0 aliphatic rings. The maximum atomic E-state index is 11.8. The number of unbranched alkanes of at least 4 members (excludes halogenated alkanes) is 5. The standard InChI is InChI=1S/C18H36N2O/c1-6-8-9-10-11-12-13-19-16(3)14-17(21)20-15-18(4,5)7-2/h14,19H,6-13,15H2,1-5H3,(H,20,21)/b16-14-. The zero-order valence-electron chi connectivity index (χ0n) is 14.8. The third kappa shape index (κ3) is 12.5. The molecule has 1 amide bonds. The highest BCUT2D eigenvalue weighted by molar-refractivity contribution is 5.88. The Kier molecular flexibility index (Phi) is 11.1. The van der Waals surface area contributed by atoms with E-state index in [4.69, 9.17) is 0 Å². The molecule has 3 heteroatoms. The molecule has 0 heterocycles. The van der Waals surface area contributed by atoms with E-state index >= 15 is 0 Å². The van der Waals surface area contributed by atoms with Crippen LogP contribution in [0.15, 0.2) is 11.8 Å². The topological polar surface area (TPSA) is 41.1 Å². The molecule has 124 valence electrons. The fourth-order valence-corrected chi connectivity index (χ4v) is 1.94. The van der Waals surface area contributed by atoms with E-state index in [2.05, 4.69) is 38.3 Å². The number of hydrogen-bond donors (Lipinski definition) is 2. The second-order valence-corrected chi connectivity index (χ2v) is 6.76.